The van der Waals surface area contributed by atoms with Gasteiger partial charge in [0, 0.05) is 11.3 Å². The van der Waals surface area contributed by atoms with Crippen LogP contribution >= 0.6 is 0 Å². The Bertz CT molecular complexity index is 1140. The first kappa shape index (κ1) is 28.9. The molecule has 0 radical (unpaired) electrons. The highest BCUT2D eigenvalue weighted by atomic mass is 16.7. The van der Waals surface area contributed by atoms with Crippen LogP contribution in [0.5, 0.6) is 0 Å². The number of esters is 1. The molecule has 12 unspecified atom stereocenters. The summed E-state index contributed by atoms with van der Waals surface area (Å²) in [5.41, 5.74) is -0.537. The van der Waals surface area contributed by atoms with Gasteiger partial charge in [0.1, 0.15) is 0 Å². The molecule has 224 valence electrons. The van der Waals surface area contributed by atoms with Gasteiger partial charge in [0.15, 0.2) is 11.6 Å². The fraction of sp³-hybridized carbons (Fsp3) is 0.882. The summed E-state index contributed by atoms with van der Waals surface area (Å²) in [4.78, 5) is 28.1. The highest BCUT2D eigenvalue weighted by Gasteiger charge is 2.73. The van der Waals surface area contributed by atoms with Crippen LogP contribution < -0.4 is 0 Å². The van der Waals surface area contributed by atoms with E-state index in [1.807, 2.05) is 19.9 Å². The van der Waals surface area contributed by atoms with Gasteiger partial charge in [-0.25, -0.2) is 0 Å². The zero-order valence-electron chi connectivity index (χ0n) is 26.3. The molecule has 12 atom stereocenters. The maximum absolute atomic E-state index is 14.6. The molecule has 0 aromatic rings. The van der Waals surface area contributed by atoms with Gasteiger partial charge in [0.25, 0.3) is 0 Å². The Kier molecular flexibility index (Phi) is 6.25. The SMILES string of the molecule is COC(=O)C12CCC(C)C(C)C1C1=CC(=O)C3C4(C)CC(O)C5OC(C)(C)OCC5(C)C4CCC3(C)C1(C)CC2. The summed E-state index contributed by atoms with van der Waals surface area (Å²) < 4.78 is 18.1. The second-order valence-electron chi connectivity index (χ2n) is 16.3. The highest BCUT2D eigenvalue weighted by Crippen LogP contribution is 2.75. The third-order valence-corrected chi connectivity index (χ3v) is 14.2. The van der Waals surface area contributed by atoms with E-state index in [4.69, 9.17) is 14.2 Å². The number of aliphatic hydroxyl groups is 1. The topological polar surface area (TPSA) is 82.1 Å². The molecule has 1 aliphatic heterocycles. The summed E-state index contributed by atoms with van der Waals surface area (Å²) in [5, 5.41) is 11.6. The van der Waals surface area contributed by atoms with Crippen molar-refractivity contribution < 1.29 is 28.9 Å². The number of rotatable bonds is 1. The number of ketones is 1. The molecule has 5 fully saturated rings. The van der Waals surface area contributed by atoms with Crippen molar-refractivity contribution in [2.24, 2.45) is 56.7 Å². The summed E-state index contributed by atoms with van der Waals surface area (Å²) in [6, 6.07) is 0. The van der Waals surface area contributed by atoms with Crippen LogP contribution in [0.2, 0.25) is 0 Å². The van der Waals surface area contributed by atoms with Gasteiger partial charge < -0.3 is 19.3 Å². The highest BCUT2D eigenvalue weighted by molar-refractivity contribution is 5.96. The monoisotopic (exact) mass is 556 g/mol. The van der Waals surface area contributed by atoms with Crippen molar-refractivity contribution in [1.29, 1.82) is 0 Å². The van der Waals surface area contributed by atoms with Gasteiger partial charge in [-0.05, 0) is 105 Å². The lowest BCUT2D eigenvalue weighted by atomic mass is 9.33. The third-order valence-electron chi connectivity index (χ3n) is 14.2. The Balaban J connectivity index is 1.46. The van der Waals surface area contributed by atoms with Crippen LogP contribution in [-0.4, -0.2) is 48.6 Å². The minimum absolute atomic E-state index is 0.0240. The molecule has 6 nitrogen and oxygen atoms in total. The van der Waals surface area contributed by atoms with Crippen LogP contribution in [0.3, 0.4) is 0 Å². The molecular formula is C34H52O6. The molecule has 6 aliphatic rings. The van der Waals surface area contributed by atoms with E-state index in [0.717, 1.165) is 38.5 Å². The molecule has 40 heavy (non-hydrogen) atoms. The third kappa shape index (κ3) is 3.39. The van der Waals surface area contributed by atoms with Crippen LogP contribution in [0.15, 0.2) is 11.6 Å². The number of allylic oxidation sites excluding steroid dienone is 2. The predicted molar refractivity (Wildman–Crippen MR) is 152 cm³/mol. The molecule has 4 saturated carbocycles. The standard InChI is InChI=1S/C34H52O6/c1-19-10-13-34(28(37)38-9)15-14-32(7)21(25(34)20(19)2)16-22(35)26-30(5)17-23(36)27-31(6,18-39-29(3,4)40-27)24(30)11-12-33(26,32)8/h16,19-20,23-27,36H,10-15,17-18H2,1-9H3. The second-order valence-corrected chi connectivity index (χ2v) is 16.3. The number of methoxy groups -OCH3 is 1. The molecule has 1 heterocycles. The maximum atomic E-state index is 14.6. The molecule has 6 heteroatoms. The number of hydrogen-bond donors (Lipinski definition) is 1. The minimum atomic E-state index is -0.726. The maximum Gasteiger partial charge on any atom is 0.312 e. The molecule has 1 N–H and O–H groups in total. The van der Waals surface area contributed by atoms with E-state index < -0.39 is 17.3 Å². The van der Waals surface area contributed by atoms with E-state index in [-0.39, 0.29) is 57.3 Å². The Morgan fingerprint density at radius 1 is 1.00 bits per heavy atom. The molecule has 0 aromatic heterocycles. The number of fused-ring (bicyclic) bond motifs is 9. The first-order valence-electron chi connectivity index (χ1n) is 15.8. The zero-order valence-corrected chi connectivity index (χ0v) is 26.3. The summed E-state index contributed by atoms with van der Waals surface area (Å²) in [5.74, 6) is 0.194. The van der Waals surface area contributed by atoms with E-state index in [2.05, 4.69) is 41.5 Å². The Morgan fingerprint density at radius 3 is 2.38 bits per heavy atom. The number of carbonyl (C=O) groups excluding carboxylic acids is 2. The lowest BCUT2D eigenvalue weighted by Crippen LogP contribution is -2.72. The molecule has 0 spiro atoms. The van der Waals surface area contributed by atoms with Crippen LogP contribution in [0.1, 0.15) is 100 Å². The van der Waals surface area contributed by atoms with E-state index >= 15 is 0 Å². The van der Waals surface area contributed by atoms with Gasteiger partial charge in [-0.2, -0.15) is 0 Å². The van der Waals surface area contributed by atoms with Crippen molar-refractivity contribution in [3.05, 3.63) is 11.6 Å². The van der Waals surface area contributed by atoms with Crippen LogP contribution in [0, 0.1) is 56.7 Å². The molecule has 6 rings (SSSR count). The van der Waals surface area contributed by atoms with E-state index in [9.17, 15) is 14.7 Å². The zero-order chi connectivity index (χ0) is 29.3. The average Bonchev–Trinajstić information content (AvgIpc) is 2.87. The normalized spacial score (nSPS) is 55.0. The number of carbonyl (C=O) groups is 2. The van der Waals surface area contributed by atoms with Crippen molar-refractivity contribution in [2.45, 2.75) is 118 Å². The van der Waals surface area contributed by atoms with Gasteiger partial charge in [-0.1, -0.05) is 47.1 Å². The van der Waals surface area contributed by atoms with Crippen molar-refractivity contribution in [3.8, 4) is 0 Å². The molecule has 5 aliphatic carbocycles. The van der Waals surface area contributed by atoms with Crippen LogP contribution in [0.25, 0.3) is 0 Å². The van der Waals surface area contributed by atoms with Gasteiger partial charge in [-0.3, -0.25) is 9.59 Å². The molecule has 0 amide bonds. The number of aliphatic hydroxyl groups excluding tert-OH is 1. The van der Waals surface area contributed by atoms with Gasteiger partial charge in [0.05, 0.1) is 31.3 Å². The minimum Gasteiger partial charge on any atom is -0.469 e. The van der Waals surface area contributed by atoms with Gasteiger partial charge in [0.2, 0.25) is 0 Å². The first-order valence-corrected chi connectivity index (χ1v) is 15.8. The summed E-state index contributed by atoms with van der Waals surface area (Å²) in [6.07, 6.45) is 7.06. The summed E-state index contributed by atoms with van der Waals surface area (Å²) in [7, 11) is 1.52. The van der Waals surface area contributed by atoms with Crippen LogP contribution in [0.4, 0.5) is 0 Å². The van der Waals surface area contributed by atoms with Crippen LogP contribution in [-0.2, 0) is 23.8 Å². The van der Waals surface area contributed by atoms with Crippen molar-refractivity contribution in [1.82, 2.24) is 0 Å². The average molecular weight is 557 g/mol. The number of ether oxygens (including phenoxy) is 3. The lowest BCUT2D eigenvalue weighted by Gasteiger charge is -2.71. The second kappa shape index (κ2) is 8.66. The quantitative estimate of drug-likeness (QED) is 0.393. The molecule has 1 saturated heterocycles. The largest absolute Gasteiger partial charge is 0.469 e. The van der Waals surface area contributed by atoms with Gasteiger partial charge >= 0.3 is 5.97 Å². The Morgan fingerprint density at radius 2 is 1.70 bits per heavy atom. The van der Waals surface area contributed by atoms with E-state index in [1.165, 1.54) is 12.7 Å². The van der Waals surface area contributed by atoms with E-state index in [0.29, 0.717) is 24.9 Å². The first-order chi connectivity index (χ1) is 18.5. The van der Waals surface area contributed by atoms with Crippen molar-refractivity contribution in [3.63, 3.8) is 0 Å². The Labute approximate surface area is 241 Å². The number of hydrogen-bond acceptors (Lipinski definition) is 6. The lowest BCUT2D eigenvalue weighted by molar-refractivity contribution is -0.367. The van der Waals surface area contributed by atoms with Crippen molar-refractivity contribution >= 4 is 11.8 Å². The fourth-order valence-electron chi connectivity index (χ4n) is 11.9. The Hall–Kier alpha value is -1.24. The summed E-state index contributed by atoms with van der Waals surface area (Å²) >= 11 is 0. The predicted octanol–water partition coefficient (Wildman–Crippen LogP) is 6.10. The fourth-order valence-corrected chi connectivity index (χ4v) is 11.9. The molecular weight excluding hydrogens is 504 g/mol. The molecule has 0 aromatic carbocycles. The summed E-state index contributed by atoms with van der Waals surface area (Å²) in [6.45, 7) is 18.2. The smallest absolute Gasteiger partial charge is 0.312 e. The van der Waals surface area contributed by atoms with Gasteiger partial charge in [-0.15, -0.1) is 0 Å². The van der Waals surface area contributed by atoms with E-state index in [1.54, 1.807) is 0 Å². The van der Waals surface area contributed by atoms with Crippen molar-refractivity contribution in [2.75, 3.05) is 13.7 Å². The molecule has 0 bridgehead atoms.